The molecule has 0 aromatic carbocycles. The second-order valence-electron chi connectivity index (χ2n) is 2.82. The molecule has 2 aromatic heterocycles. The van der Waals surface area contributed by atoms with Crippen molar-refractivity contribution in [3.63, 3.8) is 0 Å². The Balaban J connectivity index is 2.69. The molecule has 0 radical (unpaired) electrons. The van der Waals surface area contributed by atoms with Crippen molar-refractivity contribution in [3.8, 4) is 11.8 Å². The second-order valence-corrected chi connectivity index (χ2v) is 4.39. The van der Waals surface area contributed by atoms with Crippen LogP contribution in [0.5, 0.6) is 0 Å². The molecule has 0 aliphatic rings. The van der Waals surface area contributed by atoms with Crippen molar-refractivity contribution >= 4 is 39.1 Å². The van der Waals surface area contributed by atoms with Crippen LogP contribution in [-0.4, -0.2) is 14.8 Å². The molecule has 0 spiro atoms. The summed E-state index contributed by atoms with van der Waals surface area (Å²) in [5.41, 5.74) is 0.899. The molecular weight excluding hydrogens is 315 g/mol. The Kier molecular flexibility index (Phi) is 3.15. The van der Waals surface area contributed by atoms with Crippen molar-refractivity contribution in [2.75, 3.05) is 0 Å². The maximum absolute atomic E-state index is 8.81. The van der Waals surface area contributed by atoms with Crippen LogP contribution in [0.15, 0.2) is 23.2 Å². The summed E-state index contributed by atoms with van der Waals surface area (Å²) in [7, 11) is 0. The number of rotatable bonds is 1. The van der Waals surface area contributed by atoms with Crippen LogP contribution in [0.4, 0.5) is 0 Å². The van der Waals surface area contributed by atoms with Crippen LogP contribution in [0.25, 0.3) is 5.69 Å². The average molecular weight is 318 g/mol. The van der Waals surface area contributed by atoms with Crippen LogP contribution in [0.3, 0.4) is 0 Å². The molecule has 0 bridgehead atoms. The maximum atomic E-state index is 8.81. The first-order valence-electron chi connectivity index (χ1n) is 4.08. The van der Waals surface area contributed by atoms with Gasteiger partial charge in [0.1, 0.15) is 21.9 Å². The number of aromatic nitrogens is 3. The van der Waals surface area contributed by atoms with Crippen LogP contribution in [0.2, 0.25) is 10.0 Å². The third-order valence-electron chi connectivity index (χ3n) is 1.87. The van der Waals surface area contributed by atoms with Gasteiger partial charge < -0.3 is 0 Å². The molecular formula is C9H3BrCl2N4. The van der Waals surface area contributed by atoms with E-state index >= 15 is 0 Å². The normalized spacial score (nSPS) is 10.1. The Labute approximate surface area is 110 Å². The lowest BCUT2D eigenvalue weighted by atomic mass is 10.4. The molecule has 2 heterocycles. The summed E-state index contributed by atoms with van der Waals surface area (Å²) in [6.07, 6.45) is 4.35. The third kappa shape index (κ3) is 1.80. The van der Waals surface area contributed by atoms with Crippen LogP contribution in [0, 0.1) is 11.3 Å². The molecule has 2 aromatic rings. The smallest absolute Gasteiger partial charge is 0.127 e. The lowest BCUT2D eigenvalue weighted by Crippen LogP contribution is -1.99. The van der Waals surface area contributed by atoms with Gasteiger partial charge >= 0.3 is 0 Å². The third-order valence-corrected chi connectivity index (χ3v) is 3.19. The van der Waals surface area contributed by atoms with Crippen LogP contribution >= 0.6 is 39.1 Å². The summed E-state index contributed by atoms with van der Waals surface area (Å²) >= 11 is 15.2. The Bertz CT molecular complexity index is 567. The quantitative estimate of drug-likeness (QED) is 0.811. The van der Waals surface area contributed by atoms with E-state index in [-0.39, 0.29) is 0 Å². The zero-order chi connectivity index (χ0) is 11.7. The van der Waals surface area contributed by atoms with E-state index in [0.717, 1.165) is 0 Å². The largest absolute Gasteiger partial charge is 0.261 e. The average Bonchev–Trinajstić information content (AvgIpc) is 2.60. The first-order valence-corrected chi connectivity index (χ1v) is 5.63. The minimum atomic E-state index is 0.362. The number of pyridine rings is 1. The van der Waals surface area contributed by atoms with E-state index in [1.54, 1.807) is 0 Å². The van der Waals surface area contributed by atoms with Gasteiger partial charge in [-0.2, -0.15) is 10.4 Å². The molecule has 0 aliphatic carbocycles. The van der Waals surface area contributed by atoms with Crippen LogP contribution in [0.1, 0.15) is 5.56 Å². The number of nitrogens with zero attached hydrogens (tertiary/aromatic N) is 4. The molecule has 0 atom stereocenters. The van der Waals surface area contributed by atoms with Crippen molar-refractivity contribution < 1.29 is 0 Å². The predicted octanol–water partition coefficient (Wildman–Crippen LogP) is 3.21. The molecule has 0 amide bonds. The van der Waals surface area contributed by atoms with E-state index in [0.29, 0.717) is 25.9 Å². The van der Waals surface area contributed by atoms with Crippen molar-refractivity contribution in [2.24, 2.45) is 0 Å². The van der Waals surface area contributed by atoms with Gasteiger partial charge in [-0.1, -0.05) is 23.2 Å². The lowest BCUT2D eigenvalue weighted by molar-refractivity contribution is 0.858. The van der Waals surface area contributed by atoms with E-state index in [1.165, 1.54) is 23.3 Å². The topological polar surface area (TPSA) is 54.5 Å². The Morgan fingerprint density at radius 3 is 2.38 bits per heavy atom. The highest BCUT2D eigenvalue weighted by Crippen LogP contribution is 2.30. The number of halogens is 3. The predicted molar refractivity (Wildman–Crippen MR) is 63.8 cm³/mol. The van der Waals surface area contributed by atoms with E-state index < -0.39 is 0 Å². The molecule has 0 N–H and O–H groups in total. The summed E-state index contributed by atoms with van der Waals surface area (Å²) in [4.78, 5) is 3.84. The van der Waals surface area contributed by atoms with Crippen molar-refractivity contribution in [1.82, 2.24) is 14.8 Å². The molecule has 2 rings (SSSR count). The van der Waals surface area contributed by atoms with Crippen LogP contribution in [-0.2, 0) is 0 Å². The highest BCUT2D eigenvalue weighted by atomic mass is 79.9. The highest BCUT2D eigenvalue weighted by Gasteiger charge is 2.15. The molecule has 16 heavy (non-hydrogen) atoms. The molecule has 0 aliphatic heterocycles. The summed E-state index contributed by atoms with van der Waals surface area (Å²) in [6, 6.07) is 1.99. The SMILES string of the molecule is N#Cc1cnn(-c2c(Cl)cncc2Cl)c1Br. The Morgan fingerprint density at radius 2 is 1.88 bits per heavy atom. The van der Waals surface area contributed by atoms with Gasteiger partial charge in [0.2, 0.25) is 0 Å². The minimum absolute atomic E-state index is 0.362. The van der Waals surface area contributed by atoms with Gasteiger partial charge in [-0.05, 0) is 15.9 Å². The first-order chi connectivity index (χ1) is 7.65. The minimum Gasteiger partial charge on any atom is -0.261 e. The zero-order valence-corrected chi connectivity index (χ0v) is 10.8. The number of nitriles is 1. The van der Waals surface area contributed by atoms with Gasteiger partial charge in [0.25, 0.3) is 0 Å². The van der Waals surface area contributed by atoms with E-state index in [1.807, 2.05) is 6.07 Å². The summed E-state index contributed by atoms with van der Waals surface area (Å²) in [6.45, 7) is 0. The first kappa shape index (κ1) is 11.4. The van der Waals surface area contributed by atoms with Crippen molar-refractivity contribution in [3.05, 3.63) is 38.8 Å². The van der Waals surface area contributed by atoms with Crippen molar-refractivity contribution in [2.45, 2.75) is 0 Å². The van der Waals surface area contributed by atoms with Gasteiger partial charge in [-0.25, -0.2) is 4.68 Å². The fourth-order valence-corrected chi connectivity index (χ4v) is 2.16. The van der Waals surface area contributed by atoms with Gasteiger partial charge in [0.05, 0.1) is 16.2 Å². The number of hydrogen-bond donors (Lipinski definition) is 0. The molecule has 0 saturated heterocycles. The summed E-state index contributed by atoms with van der Waals surface area (Å²) in [5.74, 6) is 0. The fourth-order valence-electron chi connectivity index (χ4n) is 1.17. The Hall–Kier alpha value is -1.09. The molecule has 80 valence electrons. The summed E-state index contributed by atoms with van der Waals surface area (Å²) in [5, 5.41) is 13.6. The highest BCUT2D eigenvalue weighted by molar-refractivity contribution is 9.10. The standard InChI is InChI=1S/C9H3BrCl2N4/c10-9-5(1-13)2-15-16(9)8-6(11)3-14-4-7(8)12/h2-4H. The van der Waals surface area contributed by atoms with Crippen molar-refractivity contribution in [1.29, 1.82) is 5.26 Å². The second kappa shape index (κ2) is 4.42. The van der Waals surface area contributed by atoms with Gasteiger partial charge in [0, 0.05) is 12.4 Å². The fraction of sp³-hybridized carbons (Fsp3) is 0. The van der Waals surface area contributed by atoms with Crippen LogP contribution < -0.4 is 0 Å². The van der Waals surface area contributed by atoms with E-state index in [4.69, 9.17) is 28.5 Å². The van der Waals surface area contributed by atoms with Gasteiger partial charge in [0.15, 0.2) is 0 Å². The monoisotopic (exact) mass is 316 g/mol. The lowest BCUT2D eigenvalue weighted by Gasteiger charge is -2.07. The van der Waals surface area contributed by atoms with Gasteiger partial charge in [-0.3, -0.25) is 4.98 Å². The zero-order valence-electron chi connectivity index (χ0n) is 7.65. The van der Waals surface area contributed by atoms with E-state index in [9.17, 15) is 0 Å². The number of hydrogen-bond acceptors (Lipinski definition) is 3. The summed E-state index contributed by atoms with van der Waals surface area (Å²) < 4.78 is 1.95. The van der Waals surface area contributed by atoms with Gasteiger partial charge in [-0.15, -0.1) is 0 Å². The Morgan fingerprint density at radius 1 is 1.25 bits per heavy atom. The van der Waals surface area contributed by atoms with E-state index in [2.05, 4.69) is 26.0 Å². The molecule has 7 heteroatoms. The maximum Gasteiger partial charge on any atom is 0.127 e. The molecule has 4 nitrogen and oxygen atoms in total. The molecule has 0 fully saturated rings. The molecule has 0 unspecified atom stereocenters. The molecule has 0 saturated carbocycles.